The molecule has 2 N–H and O–H groups in total. The quantitative estimate of drug-likeness (QED) is 0.862. The van der Waals surface area contributed by atoms with Crippen LogP contribution in [0.2, 0.25) is 0 Å². The number of aryl methyl sites for hydroxylation is 1. The van der Waals surface area contributed by atoms with E-state index >= 15 is 0 Å². The van der Waals surface area contributed by atoms with Crippen LogP contribution in [-0.2, 0) is 11.2 Å². The lowest BCUT2D eigenvalue weighted by atomic mass is 10.1. The molecule has 0 bridgehead atoms. The van der Waals surface area contributed by atoms with Crippen LogP contribution in [0.15, 0.2) is 54.6 Å². The predicted molar refractivity (Wildman–Crippen MR) is 91.2 cm³/mol. The van der Waals surface area contributed by atoms with Gasteiger partial charge in [0, 0.05) is 18.3 Å². The van der Waals surface area contributed by atoms with Gasteiger partial charge in [0.05, 0.1) is 13.2 Å². The molecule has 0 saturated heterocycles. The molecule has 0 aliphatic heterocycles. The molecule has 2 aromatic carbocycles. The standard InChI is InChI=1S/C19H22N2O2/c22-13-12-21(14-19(23)20-16-7-2-1-3-8-16)18-11-10-15-6-4-5-9-17(15)18/h1-9,18,22H,10-14H2,(H,20,23). The molecule has 0 fully saturated rings. The molecule has 4 heteroatoms. The van der Waals surface area contributed by atoms with E-state index in [4.69, 9.17) is 0 Å². The maximum atomic E-state index is 12.3. The lowest BCUT2D eigenvalue weighted by Crippen LogP contribution is -2.37. The molecule has 1 aliphatic carbocycles. The SMILES string of the molecule is O=C(CN(CCO)C1CCc2ccccc21)Nc1ccccc1. The fourth-order valence-electron chi connectivity index (χ4n) is 3.29. The van der Waals surface area contributed by atoms with Crippen LogP contribution in [0.4, 0.5) is 5.69 Å². The molecule has 1 unspecified atom stereocenters. The zero-order valence-corrected chi connectivity index (χ0v) is 13.1. The van der Waals surface area contributed by atoms with E-state index in [1.54, 1.807) is 0 Å². The van der Waals surface area contributed by atoms with Gasteiger partial charge in [0.15, 0.2) is 0 Å². The average Bonchev–Trinajstić information content (AvgIpc) is 2.99. The number of para-hydroxylation sites is 1. The van der Waals surface area contributed by atoms with Crippen molar-refractivity contribution in [3.05, 3.63) is 65.7 Å². The summed E-state index contributed by atoms with van der Waals surface area (Å²) in [5.74, 6) is -0.0472. The normalized spacial score (nSPS) is 16.3. The summed E-state index contributed by atoms with van der Waals surface area (Å²) in [7, 11) is 0. The molecule has 1 atom stereocenters. The van der Waals surface area contributed by atoms with Crippen LogP contribution in [0.3, 0.4) is 0 Å². The molecule has 0 aromatic heterocycles. The number of nitrogens with zero attached hydrogens (tertiary/aromatic N) is 1. The van der Waals surface area contributed by atoms with Crippen LogP contribution < -0.4 is 5.32 Å². The predicted octanol–water partition coefficient (Wildman–Crippen LogP) is 2.61. The van der Waals surface area contributed by atoms with E-state index in [9.17, 15) is 9.90 Å². The van der Waals surface area contributed by atoms with Crippen molar-refractivity contribution in [1.29, 1.82) is 0 Å². The molecule has 1 aliphatic rings. The first-order chi connectivity index (χ1) is 11.3. The third kappa shape index (κ3) is 3.78. The first-order valence-electron chi connectivity index (χ1n) is 8.05. The van der Waals surface area contributed by atoms with Gasteiger partial charge in [-0.3, -0.25) is 9.69 Å². The highest BCUT2D eigenvalue weighted by atomic mass is 16.3. The highest BCUT2D eigenvalue weighted by Crippen LogP contribution is 2.35. The minimum atomic E-state index is -0.0472. The third-order valence-corrected chi connectivity index (χ3v) is 4.33. The maximum absolute atomic E-state index is 12.3. The monoisotopic (exact) mass is 310 g/mol. The summed E-state index contributed by atoms with van der Waals surface area (Å²) in [6.07, 6.45) is 2.03. The van der Waals surface area contributed by atoms with E-state index in [0.29, 0.717) is 6.54 Å². The van der Waals surface area contributed by atoms with Crippen molar-refractivity contribution in [2.24, 2.45) is 0 Å². The van der Waals surface area contributed by atoms with Crippen molar-refractivity contribution in [3.63, 3.8) is 0 Å². The Hall–Kier alpha value is -2.17. The molecule has 0 saturated carbocycles. The Bertz CT molecular complexity index is 657. The lowest BCUT2D eigenvalue weighted by molar-refractivity contribution is -0.118. The molecule has 1 amide bonds. The smallest absolute Gasteiger partial charge is 0.238 e. The second kappa shape index (κ2) is 7.40. The van der Waals surface area contributed by atoms with Crippen molar-refractivity contribution in [2.75, 3.05) is 25.0 Å². The van der Waals surface area contributed by atoms with Gasteiger partial charge in [0.2, 0.25) is 5.91 Å². The topological polar surface area (TPSA) is 52.6 Å². The molecule has 4 nitrogen and oxygen atoms in total. The summed E-state index contributed by atoms with van der Waals surface area (Å²) in [5.41, 5.74) is 3.44. The Kier molecular flexibility index (Phi) is 5.05. The summed E-state index contributed by atoms with van der Waals surface area (Å²) in [5, 5.41) is 12.3. The number of fused-ring (bicyclic) bond motifs is 1. The van der Waals surface area contributed by atoms with E-state index in [1.165, 1.54) is 11.1 Å². The van der Waals surface area contributed by atoms with E-state index in [2.05, 4.69) is 28.4 Å². The van der Waals surface area contributed by atoms with Gasteiger partial charge < -0.3 is 10.4 Å². The van der Waals surface area contributed by atoms with Crippen molar-refractivity contribution >= 4 is 11.6 Å². The Morgan fingerprint density at radius 1 is 1.13 bits per heavy atom. The van der Waals surface area contributed by atoms with Crippen molar-refractivity contribution < 1.29 is 9.90 Å². The molecule has 23 heavy (non-hydrogen) atoms. The molecular formula is C19H22N2O2. The second-order valence-corrected chi connectivity index (χ2v) is 5.86. The molecule has 0 radical (unpaired) electrons. The summed E-state index contributed by atoms with van der Waals surface area (Å²) >= 11 is 0. The Morgan fingerprint density at radius 3 is 2.65 bits per heavy atom. The Balaban J connectivity index is 1.69. The number of carbonyl (C=O) groups excluding carboxylic acids is 1. The molecule has 0 spiro atoms. The second-order valence-electron chi connectivity index (χ2n) is 5.86. The molecule has 0 heterocycles. The average molecular weight is 310 g/mol. The number of benzene rings is 2. The fraction of sp³-hybridized carbons (Fsp3) is 0.316. The van der Waals surface area contributed by atoms with Gasteiger partial charge in [-0.05, 0) is 36.1 Å². The molecule has 2 aromatic rings. The number of anilines is 1. The van der Waals surface area contributed by atoms with Gasteiger partial charge in [0.1, 0.15) is 0 Å². The van der Waals surface area contributed by atoms with Crippen LogP contribution in [0.5, 0.6) is 0 Å². The van der Waals surface area contributed by atoms with Crippen molar-refractivity contribution in [1.82, 2.24) is 4.90 Å². The van der Waals surface area contributed by atoms with E-state index in [1.807, 2.05) is 36.4 Å². The highest BCUT2D eigenvalue weighted by Gasteiger charge is 2.28. The minimum Gasteiger partial charge on any atom is -0.395 e. The van der Waals surface area contributed by atoms with Gasteiger partial charge >= 0.3 is 0 Å². The maximum Gasteiger partial charge on any atom is 0.238 e. The van der Waals surface area contributed by atoms with Crippen LogP contribution in [0.25, 0.3) is 0 Å². The minimum absolute atomic E-state index is 0.0472. The summed E-state index contributed by atoms with van der Waals surface area (Å²) in [4.78, 5) is 14.4. The number of aliphatic hydroxyl groups excluding tert-OH is 1. The van der Waals surface area contributed by atoms with Gasteiger partial charge in [-0.1, -0.05) is 42.5 Å². The Labute approximate surface area is 136 Å². The molecular weight excluding hydrogens is 288 g/mol. The fourth-order valence-corrected chi connectivity index (χ4v) is 3.29. The number of aliphatic hydroxyl groups is 1. The van der Waals surface area contributed by atoms with Crippen LogP contribution in [0, 0.1) is 0 Å². The van der Waals surface area contributed by atoms with E-state index in [-0.39, 0.29) is 25.1 Å². The zero-order chi connectivity index (χ0) is 16.1. The molecule has 3 rings (SSSR count). The first kappa shape index (κ1) is 15.7. The Morgan fingerprint density at radius 2 is 1.87 bits per heavy atom. The van der Waals surface area contributed by atoms with Crippen LogP contribution in [0.1, 0.15) is 23.6 Å². The largest absolute Gasteiger partial charge is 0.395 e. The van der Waals surface area contributed by atoms with Gasteiger partial charge in [-0.2, -0.15) is 0 Å². The van der Waals surface area contributed by atoms with Crippen LogP contribution >= 0.6 is 0 Å². The lowest BCUT2D eigenvalue weighted by Gasteiger charge is -2.28. The zero-order valence-electron chi connectivity index (χ0n) is 13.1. The van der Waals surface area contributed by atoms with Gasteiger partial charge in [-0.15, -0.1) is 0 Å². The summed E-state index contributed by atoms with van der Waals surface area (Å²) in [6, 6.07) is 18.0. The van der Waals surface area contributed by atoms with Crippen molar-refractivity contribution in [2.45, 2.75) is 18.9 Å². The number of nitrogens with one attached hydrogen (secondary N) is 1. The van der Waals surface area contributed by atoms with E-state index < -0.39 is 0 Å². The van der Waals surface area contributed by atoms with Gasteiger partial charge in [-0.25, -0.2) is 0 Å². The number of hydrogen-bond donors (Lipinski definition) is 2. The first-order valence-corrected chi connectivity index (χ1v) is 8.05. The highest BCUT2D eigenvalue weighted by molar-refractivity contribution is 5.92. The van der Waals surface area contributed by atoms with Crippen molar-refractivity contribution in [3.8, 4) is 0 Å². The number of hydrogen-bond acceptors (Lipinski definition) is 3. The van der Waals surface area contributed by atoms with Gasteiger partial charge in [0.25, 0.3) is 0 Å². The molecule has 120 valence electrons. The summed E-state index contributed by atoms with van der Waals surface area (Å²) in [6.45, 7) is 0.840. The number of rotatable bonds is 6. The summed E-state index contributed by atoms with van der Waals surface area (Å²) < 4.78 is 0. The number of carbonyl (C=O) groups is 1. The number of amides is 1. The van der Waals surface area contributed by atoms with Crippen LogP contribution in [-0.4, -0.2) is 35.6 Å². The third-order valence-electron chi connectivity index (χ3n) is 4.33. The van der Waals surface area contributed by atoms with E-state index in [0.717, 1.165) is 18.5 Å².